The molecule has 1 saturated heterocycles. The highest BCUT2D eigenvalue weighted by molar-refractivity contribution is 7.99. The smallest absolute Gasteiger partial charge is 0.264 e. The third-order valence-electron chi connectivity index (χ3n) is 3.94. The van der Waals surface area contributed by atoms with Crippen LogP contribution in [0.25, 0.3) is 0 Å². The van der Waals surface area contributed by atoms with Crippen molar-refractivity contribution in [1.82, 2.24) is 0 Å². The van der Waals surface area contributed by atoms with E-state index in [0.717, 1.165) is 6.26 Å². The molecule has 0 bridgehead atoms. The average molecular weight is 348 g/mol. The first kappa shape index (κ1) is 16.6. The molecule has 3 rings (SSSR count). The molecular formula is C18H20O3S2. The lowest BCUT2D eigenvalue weighted by Gasteiger charge is -2.34. The Morgan fingerprint density at radius 3 is 1.70 bits per heavy atom. The van der Waals surface area contributed by atoms with Gasteiger partial charge in [-0.1, -0.05) is 60.7 Å². The first-order chi connectivity index (χ1) is 11.0. The van der Waals surface area contributed by atoms with Gasteiger partial charge in [0, 0.05) is 10.5 Å². The van der Waals surface area contributed by atoms with Gasteiger partial charge < -0.3 is 0 Å². The van der Waals surface area contributed by atoms with Crippen LogP contribution in [0.3, 0.4) is 0 Å². The number of rotatable bonds is 4. The molecule has 2 atom stereocenters. The molecule has 1 aliphatic rings. The second kappa shape index (κ2) is 7.07. The minimum Gasteiger partial charge on any atom is -0.267 e. The van der Waals surface area contributed by atoms with Gasteiger partial charge >= 0.3 is 0 Å². The van der Waals surface area contributed by atoms with Gasteiger partial charge in [0.1, 0.15) is 0 Å². The highest BCUT2D eigenvalue weighted by Crippen LogP contribution is 2.50. The molecule has 2 aromatic rings. The predicted molar refractivity (Wildman–Crippen MR) is 94.9 cm³/mol. The molecule has 0 aromatic heterocycles. The van der Waals surface area contributed by atoms with Crippen molar-refractivity contribution in [2.75, 3.05) is 6.26 Å². The molecule has 0 radical (unpaired) electrons. The summed E-state index contributed by atoms with van der Waals surface area (Å²) < 4.78 is 28.5. The molecule has 23 heavy (non-hydrogen) atoms. The zero-order valence-corrected chi connectivity index (χ0v) is 14.6. The summed E-state index contributed by atoms with van der Waals surface area (Å²) in [5, 5.41) is 0.476. The quantitative estimate of drug-likeness (QED) is 0.771. The zero-order chi connectivity index (χ0) is 16.3. The van der Waals surface area contributed by atoms with Gasteiger partial charge in [-0.05, 0) is 24.0 Å². The summed E-state index contributed by atoms with van der Waals surface area (Å²) in [4.78, 5) is 0. The Labute approximate surface area is 142 Å². The Morgan fingerprint density at radius 1 is 0.870 bits per heavy atom. The molecule has 0 N–H and O–H groups in total. The molecule has 1 aliphatic heterocycles. The van der Waals surface area contributed by atoms with Crippen LogP contribution < -0.4 is 0 Å². The highest BCUT2D eigenvalue weighted by atomic mass is 32.2. The normalized spacial score (nSPS) is 25.2. The van der Waals surface area contributed by atoms with Gasteiger partial charge in [0.2, 0.25) is 0 Å². The van der Waals surface area contributed by atoms with Crippen molar-refractivity contribution in [2.24, 2.45) is 0 Å². The summed E-state index contributed by atoms with van der Waals surface area (Å²) in [7, 11) is -3.44. The molecule has 122 valence electrons. The van der Waals surface area contributed by atoms with Gasteiger partial charge in [0.05, 0.1) is 12.4 Å². The van der Waals surface area contributed by atoms with E-state index < -0.39 is 10.1 Å². The Morgan fingerprint density at radius 2 is 1.30 bits per heavy atom. The molecule has 0 unspecified atom stereocenters. The first-order valence-corrected chi connectivity index (χ1v) is 10.4. The largest absolute Gasteiger partial charge is 0.267 e. The van der Waals surface area contributed by atoms with Gasteiger partial charge in [-0.25, -0.2) is 0 Å². The highest BCUT2D eigenvalue weighted by Gasteiger charge is 2.33. The van der Waals surface area contributed by atoms with E-state index in [1.807, 2.05) is 48.2 Å². The van der Waals surface area contributed by atoms with E-state index in [1.165, 1.54) is 11.1 Å². The van der Waals surface area contributed by atoms with E-state index in [0.29, 0.717) is 12.8 Å². The maximum atomic E-state index is 11.6. The van der Waals surface area contributed by atoms with Gasteiger partial charge in [-0.2, -0.15) is 8.42 Å². The van der Waals surface area contributed by atoms with Crippen LogP contribution in [0.15, 0.2) is 60.7 Å². The molecule has 2 aromatic carbocycles. The van der Waals surface area contributed by atoms with Crippen LogP contribution in [0.1, 0.15) is 34.5 Å². The van der Waals surface area contributed by atoms with Crippen molar-refractivity contribution in [3.05, 3.63) is 71.8 Å². The van der Waals surface area contributed by atoms with Gasteiger partial charge in [-0.3, -0.25) is 4.18 Å². The Bertz CT molecular complexity index is 682. The van der Waals surface area contributed by atoms with E-state index in [4.69, 9.17) is 4.18 Å². The second-order valence-electron chi connectivity index (χ2n) is 5.83. The molecule has 0 spiro atoms. The molecule has 1 heterocycles. The van der Waals surface area contributed by atoms with Crippen LogP contribution in [-0.4, -0.2) is 20.8 Å². The number of thioether (sulfide) groups is 1. The molecule has 0 aliphatic carbocycles. The maximum absolute atomic E-state index is 11.6. The monoisotopic (exact) mass is 348 g/mol. The minimum absolute atomic E-state index is 0.238. The zero-order valence-electron chi connectivity index (χ0n) is 13.0. The number of hydrogen-bond acceptors (Lipinski definition) is 4. The molecule has 0 saturated carbocycles. The van der Waals surface area contributed by atoms with Crippen LogP contribution in [0.4, 0.5) is 0 Å². The number of hydrogen-bond donors (Lipinski definition) is 0. The van der Waals surface area contributed by atoms with Crippen molar-refractivity contribution in [1.29, 1.82) is 0 Å². The van der Waals surface area contributed by atoms with Crippen molar-refractivity contribution >= 4 is 21.9 Å². The topological polar surface area (TPSA) is 43.4 Å². The summed E-state index contributed by atoms with van der Waals surface area (Å²) in [5.74, 6) is 0. The third kappa shape index (κ3) is 4.59. The Kier molecular flexibility index (Phi) is 5.09. The van der Waals surface area contributed by atoms with Gasteiger partial charge in [0.25, 0.3) is 10.1 Å². The van der Waals surface area contributed by atoms with Crippen molar-refractivity contribution in [2.45, 2.75) is 29.4 Å². The van der Waals surface area contributed by atoms with Crippen LogP contribution in [0, 0.1) is 0 Å². The van der Waals surface area contributed by atoms with Crippen LogP contribution >= 0.6 is 11.8 Å². The summed E-state index contributed by atoms with van der Waals surface area (Å²) in [6, 6.07) is 20.5. The van der Waals surface area contributed by atoms with Crippen LogP contribution in [0.5, 0.6) is 0 Å². The van der Waals surface area contributed by atoms with E-state index >= 15 is 0 Å². The van der Waals surface area contributed by atoms with Crippen molar-refractivity contribution < 1.29 is 12.6 Å². The lowest BCUT2D eigenvalue weighted by atomic mass is 9.99. The summed E-state index contributed by atoms with van der Waals surface area (Å²) in [6.07, 6.45) is 2.28. The summed E-state index contributed by atoms with van der Waals surface area (Å²) >= 11 is 1.89. The molecule has 3 nitrogen and oxygen atoms in total. The van der Waals surface area contributed by atoms with E-state index in [2.05, 4.69) is 24.3 Å². The van der Waals surface area contributed by atoms with Crippen LogP contribution in [-0.2, 0) is 14.3 Å². The molecule has 5 heteroatoms. The first-order valence-electron chi connectivity index (χ1n) is 7.65. The van der Waals surface area contributed by atoms with E-state index in [-0.39, 0.29) is 16.6 Å². The lowest BCUT2D eigenvalue weighted by molar-refractivity contribution is 0.183. The Hall–Kier alpha value is -1.30. The molecule has 0 amide bonds. The second-order valence-corrected chi connectivity index (χ2v) is 8.84. The minimum atomic E-state index is -3.44. The third-order valence-corrected chi connectivity index (χ3v) is 6.14. The lowest BCUT2D eigenvalue weighted by Crippen LogP contribution is -2.26. The van der Waals surface area contributed by atoms with E-state index in [1.54, 1.807) is 0 Å². The van der Waals surface area contributed by atoms with Crippen molar-refractivity contribution in [3.8, 4) is 0 Å². The predicted octanol–water partition coefficient (Wildman–Crippen LogP) is 4.34. The summed E-state index contributed by atoms with van der Waals surface area (Å²) in [6.45, 7) is 0. The van der Waals surface area contributed by atoms with Crippen LogP contribution in [0.2, 0.25) is 0 Å². The fourth-order valence-electron chi connectivity index (χ4n) is 2.97. The summed E-state index contributed by atoms with van der Waals surface area (Å²) in [5.41, 5.74) is 2.44. The van der Waals surface area contributed by atoms with Gasteiger partial charge in [0.15, 0.2) is 0 Å². The Balaban J connectivity index is 1.86. The van der Waals surface area contributed by atoms with E-state index in [9.17, 15) is 8.42 Å². The molecular weight excluding hydrogens is 328 g/mol. The average Bonchev–Trinajstić information content (AvgIpc) is 2.55. The fourth-order valence-corrected chi connectivity index (χ4v) is 5.30. The maximum Gasteiger partial charge on any atom is 0.264 e. The number of benzene rings is 2. The van der Waals surface area contributed by atoms with Gasteiger partial charge in [-0.15, -0.1) is 11.8 Å². The molecule has 1 fully saturated rings. The SMILES string of the molecule is CS(=O)(=O)OC1C[C@@H](c2ccccc2)S[C@H](c2ccccc2)C1. The van der Waals surface area contributed by atoms with Crippen molar-refractivity contribution in [3.63, 3.8) is 0 Å². The standard InChI is InChI=1S/C18H20O3S2/c1-23(19,20)21-16-12-17(14-8-4-2-5-9-14)22-18(13-16)15-10-6-3-7-11-15/h2-11,16-18H,12-13H2,1H3/t17-,18-/m0/s1. The fraction of sp³-hybridized carbons (Fsp3) is 0.333.